The van der Waals surface area contributed by atoms with Crippen molar-refractivity contribution in [2.45, 2.75) is 26.3 Å². The zero-order valence-electron chi connectivity index (χ0n) is 15.8. The van der Waals surface area contributed by atoms with Gasteiger partial charge in [0.2, 0.25) is 5.95 Å². The number of nitrogens with zero attached hydrogens (tertiary/aromatic N) is 5. The molecule has 0 saturated carbocycles. The van der Waals surface area contributed by atoms with Crippen LogP contribution in [0.2, 0.25) is 0 Å². The predicted molar refractivity (Wildman–Crippen MR) is 102 cm³/mol. The molecule has 0 aliphatic carbocycles. The topological polar surface area (TPSA) is 91.3 Å². The molecule has 0 unspecified atom stereocenters. The van der Waals surface area contributed by atoms with Crippen LogP contribution in [-0.2, 0) is 0 Å². The third kappa shape index (κ3) is 4.78. The Kier molecular flexibility index (Phi) is 5.34. The Morgan fingerprint density at radius 3 is 2.30 bits per heavy atom. The first-order valence-electron chi connectivity index (χ1n) is 8.93. The van der Waals surface area contributed by atoms with Crippen molar-refractivity contribution in [3.8, 4) is 0 Å². The molecule has 1 aliphatic rings. The molecule has 8 nitrogen and oxygen atoms in total. The molecule has 1 N–H and O–H groups in total. The lowest BCUT2D eigenvalue weighted by molar-refractivity contribution is 0.0740. The van der Waals surface area contributed by atoms with E-state index in [4.69, 9.17) is 0 Å². The van der Waals surface area contributed by atoms with Crippen LogP contribution in [0.3, 0.4) is 0 Å². The van der Waals surface area contributed by atoms with Crippen molar-refractivity contribution in [1.82, 2.24) is 25.2 Å². The van der Waals surface area contributed by atoms with Crippen LogP contribution >= 0.6 is 0 Å². The zero-order chi connectivity index (χ0) is 19.4. The second kappa shape index (κ2) is 7.69. The molecule has 3 heterocycles. The van der Waals surface area contributed by atoms with Gasteiger partial charge in [-0.15, -0.1) is 0 Å². The van der Waals surface area contributed by atoms with Crippen molar-refractivity contribution >= 4 is 17.8 Å². The average Bonchev–Trinajstić information content (AvgIpc) is 2.67. The van der Waals surface area contributed by atoms with Gasteiger partial charge in [0.25, 0.3) is 11.8 Å². The molecule has 0 spiro atoms. The minimum atomic E-state index is -0.347. The van der Waals surface area contributed by atoms with E-state index in [9.17, 15) is 9.59 Å². The summed E-state index contributed by atoms with van der Waals surface area (Å²) in [5.74, 6) is 0.280. The third-order valence-corrected chi connectivity index (χ3v) is 4.13. The van der Waals surface area contributed by atoms with E-state index in [1.165, 1.54) is 6.20 Å². The van der Waals surface area contributed by atoms with Gasteiger partial charge in [0.15, 0.2) is 0 Å². The largest absolute Gasteiger partial charge is 0.347 e. The van der Waals surface area contributed by atoms with E-state index in [0.717, 1.165) is 0 Å². The highest BCUT2D eigenvalue weighted by Crippen LogP contribution is 2.13. The maximum Gasteiger partial charge on any atom is 0.272 e. The van der Waals surface area contributed by atoms with Crippen molar-refractivity contribution in [2.75, 3.05) is 31.1 Å². The highest BCUT2D eigenvalue weighted by atomic mass is 16.2. The van der Waals surface area contributed by atoms with Crippen LogP contribution in [0.4, 0.5) is 5.95 Å². The van der Waals surface area contributed by atoms with E-state index in [1.54, 1.807) is 35.5 Å². The molecule has 0 aromatic carbocycles. The van der Waals surface area contributed by atoms with Crippen LogP contribution in [0.1, 0.15) is 41.6 Å². The number of rotatable bonds is 3. The molecule has 0 atom stereocenters. The maximum absolute atomic E-state index is 12.8. The number of pyridine rings is 1. The number of hydrogen-bond acceptors (Lipinski definition) is 6. The first-order chi connectivity index (χ1) is 12.8. The molecule has 27 heavy (non-hydrogen) atoms. The molecule has 1 aliphatic heterocycles. The lowest BCUT2D eigenvalue weighted by Gasteiger charge is -2.34. The van der Waals surface area contributed by atoms with Crippen LogP contribution < -0.4 is 10.2 Å². The van der Waals surface area contributed by atoms with Gasteiger partial charge < -0.3 is 15.1 Å². The van der Waals surface area contributed by atoms with Crippen LogP contribution in [0.5, 0.6) is 0 Å². The summed E-state index contributed by atoms with van der Waals surface area (Å²) in [4.78, 5) is 41.6. The highest BCUT2D eigenvalue weighted by Gasteiger charge is 2.25. The van der Waals surface area contributed by atoms with E-state index >= 15 is 0 Å². The second-order valence-corrected chi connectivity index (χ2v) is 7.46. The predicted octanol–water partition coefficient (Wildman–Crippen LogP) is 1.36. The Labute approximate surface area is 158 Å². The van der Waals surface area contributed by atoms with Gasteiger partial charge in [0, 0.05) is 55.9 Å². The molecule has 1 fully saturated rings. The summed E-state index contributed by atoms with van der Waals surface area (Å²) in [5, 5.41) is 2.89. The van der Waals surface area contributed by atoms with Crippen molar-refractivity contribution in [3.05, 3.63) is 48.0 Å². The Balaban J connectivity index is 1.65. The van der Waals surface area contributed by atoms with Crippen molar-refractivity contribution < 1.29 is 9.59 Å². The number of amides is 2. The van der Waals surface area contributed by atoms with E-state index < -0.39 is 0 Å². The van der Waals surface area contributed by atoms with E-state index in [1.807, 2.05) is 25.7 Å². The van der Waals surface area contributed by atoms with Gasteiger partial charge in [0.1, 0.15) is 5.69 Å². The van der Waals surface area contributed by atoms with Crippen LogP contribution in [-0.4, -0.2) is 63.4 Å². The summed E-state index contributed by atoms with van der Waals surface area (Å²) in [7, 11) is 0. The van der Waals surface area contributed by atoms with Crippen LogP contribution in [0.25, 0.3) is 0 Å². The van der Waals surface area contributed by atoms with Crippen molar-refractivity contribution in [3.63, 3.8) is 0 Å². The fourth-order valence-electron chi connectivity index (χ4n) is 2.83. The molecular weight excluding hydrogens is 344 g/mol. The van der Waals surface area contributed by atoms with Crippen LogP contribution in [0.15, 0.2) is 36.8 Å². The molecule has 142 valence electrons. The van der Waals surface area contributed by atoms with Crippen molar-refractivity contribution in [1.29, 1.82) is 0 Å². The Hall–Kier alpha value is -3.03. The zero-order valence-corrected chi connectivity index (χ0v) is 15.8. The van der Waals surface area contributed by atoms with Gasteiger partial charge in [-0.05, 0) is 39.0 Å². The summed E-state index contributed by atoms with van der Waals surface area (Å²) < 4.78 is 0. The molecular formula is C19H24N6O2. The third-order valence-electron chi connectivity index (χ3n) is 4.13. The number of carbonyl (C=O) groups excluding carboxylic acids is 2. The average molecular weight is 368 g/mol. The lowest BCUT2D eigenvalue weighted by Crippen LogP contribution is -2.49. The molecule has 2 aromatic rings. The first-order valence-corrected chi connectivity index (χ1v) is 8.93. The second-order valence-electron chi connectivity index (χ2n) is 7.46. The van der Waals surface area contributed by atoms with Crippen molar-refractivity contribution in [2.24, 2.45) is 0 Å². The lowest BCUT2D eigenvalue weighted by atomic mass is 10.1. The number of anilines is 1. The van der Waals surface area contributed by atoms with Gasteiger partial charge in [-0.3, -0.25) is 14.6 Å². The quantitative estimate of drug-likeness (QED) is 0.880. The maximum atomic E-state index is 12.8. The molecule has 1 saturated heterocycles. The summed E-state index contributed by atoms with van der Waals surface area (Å²) >= 11 is 0. The summed E-state index contributed by atoms with van der Waals surface area (Å²) in [5.41, 5.74) is 0.362. The standard InChI is InChI=1S/C19H24N6O2/c1-19(2,3)23-16(26)14-5-8-20-15(13-14)17(27)24-9-11-25(12-10-24)18-21-6-4-7-22-18/h4-8,13H,9-12H2,1-3H3,(H,23,26). The number of aromatic nitrogens is 3. The molecule has 2 aromatic heterocycles. The smallest absolute Gasteiger partial charge is 0.272 e. The molecule has 0 bridgehead atoms. The fourth-order valence-corrected chi connectivity index (χ4v) is 2.83. The summed E-state index contributed by atoms with van der Waals surface area (Å²) in [6.07, 6.45) is 4.91. The van der Waals surface area contributed by atoms with Gasteiger partial charge >= 0.3 is 0 Å². The summed E-state index contributed by atoms with van der Waals surface area (Å²) in [6.45, 7) is 8.14. The Morgan fingerprint density at radius 2 is 1.67 bits per heavy atom. The van der Waals surface area contributed by atoms with Gasteiger partial charge in [-0.25, -0.2) is 9.97 Å². The first kappa shape index (κ1) is 18.8. The SMILES string of the molecule is CC(C)(C)NC(=O)c1ccnc(C(=O)N2CCN(c3ncccn3)CC2)c1. The van der Waals surface area contributed by atoms with E-state index in [-0.39, 0.29) is 23.0 Å². The highest BCUT2D eigenvalue weighted by molar-refractivity contribution is 5.98. The molecule has 0 radical (unpaired) electrons. The number of carbonyl (C=O) groups is 2. The Bertz CT molecular complexity index is 810. The number of nitrogens with one attached hydrogen (secondary N) is 1. The summed E-state index contributed by atoms with van der Waals surface area (Å²) in [6, 6.07) is 4.94. The van der Waals surface area contributed by atoms with Gasteiger partial charge in [-0.1, -0.05) is 0 Å². The normalized spacial score (nSPS) is 14.8. The number of hydrogen-bond donors (Lipinski definition) is 1. The van der Waals surface area contributed by atoms with Gasteiger partial charge in [-0.2, -0.15) is 0 Å². The number of piperazine rings is 1. The molecule has 8 heteroatoms. The minimum Gasteiger partial charge on any atom is -0.347 e. The monoisotopic (exact) mass is 368 g/mol. The minimum absolute atomic E-state index is 0.172. The van der Waals surface area contributed by atoms with Crippen LogP contribution in [0, 0.1) is 0 Å². The Morgan fingerprint density at radius 1 is 1.00 bits per heavy atom. The molecule has 3 rings (SSSR count). The van der Waals surface area contributed by atoms with E-state index in [2.05, 4.69) is 20.3 Å². The van der Waals surface area contributed by atoms with E-state index in [0.29, 0.717) is 37.7 Å². The fraction of sp³-hybridized carbons (Fsp3) is 0.421. The molecule has 2 amide bonds. The van der Waals surface area contributed by atoms with Gasteiger partial charge in [0.05, 0.1) is 0 Å².